The summed E-state index contributed by atoms with van der Waals surface area (Å²) in [5.74, 6) is 0. The van der Waals surface area contributed by atoms with Crippen molar-refractivity contribution in [3.8, 4) is 0 Å². The molecule has 1 heterocycles. The van der Waals surface area contributed by atoms with Crippen LogP contribution in [0, 0.1) is 10.1 Å². The van der Waals surface area contributed by atoms with Gasteiger partial charge in [-0.3, -0.25) is 14.9 Å². The van der Waals surface area contributed by atoms with E-state index < -0.39 is 5.25 Å². The summed E-state index contributed by atoms with van der Waals surface area (Å²) in [5, 5.41) is 11.1. The Kier molecular flexibility index (Phi) is 3.66. The van der Waals surface area contributed by atoms with E-state index in [1.807, 2.05) is 24.3 Å². The highest BCUT2D eigenvalue weighted by Crippen LogP contribution is 2.34. The fourth-order valence-electron chi connectivity index (χ4n) is 1.90. The molecule has 0 unspecified atom stereocenters. The topological polar surface area (TPSA) is 76.0 Å². The van der Waals surface area contributed by atoms with Gasteiger partial charge in [-0.1, -0.05) is 30.0 Å². The minimum absolute atomic E-state index is 0.118. The minimum Gasteiger partial charge on any atom is -0.361 e. The highest BCUT2D eigenvalue weighted by atomic mass is 32.2. The lowest BCUT2D eigenvalue weighted by Crippen LogP contribution is -2.10. The van der Waals surface area contributed by atoms with Crippen molar-refractivity contribution in [3.05, 3.63) is 46.1 Å². The first-order valence-electron chi connectivity index (χ1n) is 5.43. The number of fused-ring (bicyclic) bond motifs is 1. The molecule has 1 N–H and O–H groups in total. The lowest BCUT2D eigenvalue weighted by Gasteiger charge is -2.09. The molecule has 0 fully saturated rings. The van der Waals surface area contributed by atoms with Crippen LogP contribution in [0.25, 0.3) is 10.9 Å². The molecule has 0 saturated heterocycles. The number of aromatic nitrogens is 1. The second-order valence-electron chi connectivity index (χ2n) is 3.90. The van der Waals surface area contributed by atoms with E-state index in [2.05, 4.69) is 4.98 Å². The number of hydrogen-bond donors (Lipinski definition) is 1. The maximum atomic E-state index is 11.2. The number of rotatable bonds is 4. The monoisotopic (exact) mass is 264 g/mol. The van der Waals surface area contributed by atoms with Gasteiger partial charge >= 0.3 is 0 Å². The molecule has 18 heavy (non-hydrogen) atoms. The van der Waals surface area contributed by atoms with Crippen LogP contribution in [0.4, 0.5) is 0 Å². The van der Waals surface area contributed by atoms with Crippen LogP contribution in [-0.4, -0.2) is 21.6 Å². The van der Waals surface area contributed by atoms with Crippen molar-refractivity contribution in [2.75, 3.05) is 6.54 Å². The number of H-pyrrole nitrogens is 1. The van der Waals surface area contributed by atoms with Crippen LogP contribution in [0.3, 0.4) is 0 Å². The third kappa shape index (κ3) is 2.70. The molecule has 0 spiro atoms. The summed E-state index contributed by atoms with van der Waals surface area (Å²) in [4.78, 5) is 24.6. The van der Waals surface area contributed by atoms with E-state index in [0.29, 0.717) is 0 Å². The Labute approximate surface area is 108 Å². The van der Waals surface area contributed by atoms with Crippen LogP contribution >= 0.6 is 11.8 Å². The summed E-state index contributed by atoms with van der Waals surface area (Å²) in [5.41, 5.74) is 1.73. The molecule has 6 heteroatoms. The molecule has 0 saturated carbocycles. The van der Waals surface area contributed by atoms with Crippen LogP contribution in [0.1, 0.15) is 17.7 Å². The zero-order valence-electron chi connectivity index (χ0n) is 9.75. The van der Waals surface area contributed by atoms with E-state index >= 15 is 0 Å². The first-order chi connectivity index (χ1) is 8.58. The molecule has 1 atom stereocenters. The van der Waals surface area contributed by atoms with Gasteiger partial charge in [0, 0.05) is 28.9 Å². The quantitative estimate of drug-likeness (QED) is 0.680. The van der Waals surface area contributed by atoms with Crippen molar-refractivity contribution in [2.24, 2.45) is 0 Å². The molecule has 0 aliphatic heterocycles. The van der Waals surface area contributed by atoms with Gasteiger partial charge in [0.05, 0.1) is 0 Å². The SMILES string of the molecule is CC(=O)S[C@H](C[N+](=O)[O-])c1c[nH]c2ccccc12. The molecule has 2 rings (SSSR count). The summed E-state index contributed by atoms with van der Waals surface area (Å²) in [7, 11) is 0. The second-order valence-corrected chi connectivity index (χ2v) is 5.28. The van der Waals surface area contributed by atoms with Crippen molar-refractivity contribution in [2.45, 2.75) is 12.2 Å². The van der Waals surface area contributed by atoms with E-state index in [-0.39, 0.29) is 16.6 Å². The summed E-state index contributed by atoms with van der Waals surface area (Å²) >= 11 is 1.000. The zero-order chi connectivity index (χ0) is 13.1. The highest BCUT2D eigenvalue weighted by molar-refractivity contribution is 8.13. The molecular weight excluding hydrogens is 252 g/mol. The Morgan fingerprint density at radius 3 is 2.89 bits per heavy atom. The van der Waals surface area contributed by atoms with Crippen molar-refractivity contribution < 1.29 is 9.72 Å². The van der Waals surface area contributed by atoms with Gasteiger partial charge < -0.3 is 4.98 Å². The normalized spacial score (nSPS) is 12.5. The fourth-order valence-corrected chi connectivity index (χ4v) is 2.81. The maximum Gasteiger partial charge on any atom is 0.220 e. The first kappa shape index (κ1) is 12.6. The molecule has 5 nitrogen and oxygen atoms in total. The van der Waals surface area contributed by atoms with E-state index in [4.69, 9.17) is 0 Å². The van der Waals surface area contributed by atoms with Gasteiger partial charge in [0.15, 0.2) is 5.12 Å². The molecule has 1 aromatic heterocycles. The fraction of sp³-hybridized carbons (Fsp3) is 0.250. The van der Waals surface area contributed by atoms with Crippen LogP contribution in [-0.2, 0) is 4.79 Å². The summed E-state index contributed by atoms with van der Waals surface area (Å²) in [6.07, 6.45) is 1.74. The maximum absolute atomic E-state index is 11.2. The molecule has 0 bridgehead atoms. The molecule has 94 valence electrons. The third-order valence-corrected chi connectivity index (χ3v) is 3.61. The van der Waals surface area contributed by atoms with Crippen LogP contribution in [0.15, 0.2) is 30.5 Å². The van der Waals surface area contributed by atoms with Crippen molar-refractivity contribution in [1.29, 1.82) is 0 Å². The number of nitrogens with zero attached hydrogens (tertiary/aromatic N) is 1. The number of thioether (sulfide) groups is 1. The van der Waals surface area contributed by atoms with Crippen molar-refractivity contribution in [3.63, 3.8) is 0 Å². The van der Waals surface area contributed by atoms with Gasteiger partial charge in [-0.2, -0.15) is 0 Å². The molecule has 1 aromatic carbocycles. The van der Waals surface area contributed by atoms with E-state index in [1.54, 1.807) is 6.20 Å². The van der Waals surface area contributed by atoms with Gasteiger partial charge in [0.1, 0.15) is 5.25 Å². The van der Waals surface area contributed by atoms with Gasteiger partial charge in [0.2, 0.25) is 6.54 Å². The van der Waals surface area contributed by atoms with Crippen LogP contribution in [0.5, 0.6) is 0 Å². The van der Waals surface area contributed by atoms with Gasteiger partial charge in [-0.25, -0.2) is 0 Å². The van der Waals surface area contributed by atoms with Gasteiger partial charge in [-0.15, -0.1) is 0 Å². The van der Waals surface area contributed by atoms with E-state index in [9.17, 15) is 14.9 Å². The number of nitro groups is 1. The lowest BCUT2D eigenvalue weighted by molar-refractivity contribution is -0.479. The average molecular weight is 264 g/mol. The number of carbonyl (C=O) groups excluding carboxylic acids is 1. The average Bonchev–Trinajstić information content (AvgIpc) is 2.70. The molecule has 0 amide bonds. The summed E-state index contributed by atoms with van der Waals surface area (Å²) in [6.45, 7) is 1.17. The smallest absolute Gasteiger partial charge is 0.220 e. The van der Waals surface area contributed by atoms with E-state index in [0.717, 1.165) is 28.2 Å². The second kappa shape index (κ2) is 5.22. The highest BCUT2D eigenvalue weighted by Gasteiger charge is 2.23. The number of nitrogens with one attached hydrogen (secondary N) is 1. The van der Waals surface area contributed by atoms with Gasteiger partial charge in [-0.05, 0) is 11.6 Å². The Bertz CT molecular complexity index is 578. The predicted molar refractivity (Wildman–Crippen MR) is 71.2 cm³/mol. The third-order valence-electron chi connectivity index (χ3n) is 2.59. The minimum atomic E-state index is -0.450. The Morgan fingerprint density at radius 1 is 1.50 bits per heavy atom. The molecule has 0 aliphatic carbocycles. The van der Waals surface area contributed by atoms with Crippen molar-refractivity contribution >= 4 is 27.8 Å². The first-order valence-corrected chi connectivity index (χ1v) is 6.31. The van der Waals surface area contributed by atoms with Crippen molar-refractivity contribution in [1.82, 2.24) is 4.98 Å². The lowest BCUT2D eigenvalue weighted by atomic mass is 10.1. The van der Waals surface area contributed by atoms with Crippen LogP contribution < -0.4 is 0 Å². The summed E-state index contributed by atoms with van der Waals surface area (Å²) in [6, 6.07) is 7.57. The van der Waals surface area contributed by atoms with Gasteiger partial charge in [0.25, 0.3) is 0 Å². The molecule has 0 aliphatic rings. The predicted octanol–water partition coefficient (Wildman–Crippen LogP) is 2.77. The van der Waals surface area contributed by atoms with E-state index in [1.165, 1.54) is 6.92 Å². The van der Waals surface area contributed by atoms with Crippen LogP contribution in [0.2, 0.25) is 0 Å². The molecule has 0 radical (unpaired) electrons. The molecule has 2 aromatic rings. The number of para-hydroxylation sites is 1. The summed E-state index contributed by atoms with van der Waals surface area (Å²) < 4.78 is 0. The Balaban J connectivity index is 2.40. The zero-order valence-corrected chi connectivity index (χ0v) is 10.6. The Hall–Kier alpha value is -1.82. The number of benzene rings is 1. The Morgan fingerprint density at radius 2 is 2.22 bits per heavy atom. The number of hydrogen-bond acceptors (Lipinski definition) is 4. The largest absolute Gasteiger partial charge is 0.361 e. The number of carbonyl (C=O) groups is 1. The number of aromatic amines is 1. The molecular formula is C12H12N2O3S. The standard InChI is InChI=1S/C12H12N2O3S/c1-8(15)18-12(7-14(16)17)10-6-13-11-5-3-2-4-9(10)11/h2-6,12-13H,7H2,1H3/t12-/m1/s1.